The largest absolute Gasteiger partial charge is 0.375 e. The summed E-state index contributed by atoms with van der Waals surface area (Å²) in [6.07, 6.45) is 4.38. The predicted molar refractivity (Wildman–Crippen MR) is 58.0 cm³/mol. The van der Waals surface area contributed by atoms with E-state index in [2.05, 4.69) is 13.8 Å². The van der Waals surface area contributed by atoms with E-state index in [1.54, 1.807) is 0 Å². The van der Waals surface area contributed by atoms with Gasteiger partial charge in [0.25, 0.3) is 0 Å². The van der Waals surface area contributed by atoms with Crippen LogP contribution in [0.4, 0.5) is 0 Å². The van der Waals surface area contributed by atoms with Crippen LogP contribution in [0.25, 0.3) is 0 Å². The summed E-state index contributed by atoms with van der Waals surface area (Å²) in [5.74, 6) is 0. The molecular weight excluding hydrogens is 192 g/mol. The van der Waals surface area contributed by atoms with Crippen molar-refractivity contribution >= 4 is 0 Å². The first-order valence-corrected chi connectivity index (χ1v) is 6.10. The summed E-state index contributed by atoms with van der Waals surface area (Å²) in [5.41, 5.74) is 0.0529. The fourth-order valence-electron chi connectivity index (χ4n) is 2.19. The second-order valence-corrected chi connectivity index (χ2v) is 4.76. The number of ether oxygens (including phenoxy) is 3. The van der Waals surface area contributed by atoms with Crippen molar-refractivity contribution in [3.63, 3.8) is 0 Å². The van der Waals surface area contributed by atoms with Gasteiger partial charge < -0.3 is 14.2 Å². The van der Waals surface area contributed by atoms with E-state index in [-0.39, 0.29) is 11.2 Å². The molecule has 88 valence electrons. The Morgan fingerprint density at radius 1 is 0.933 bits per heavy atom. The van der Waals surface area contributed by atoms with Crippen molar-refractivity contribution in [1.29, 1.82) is 0 Å². The molecule has 3 nitrogen and oxygen atoms in total. The minimum Gasteiger partial charge on any atom is -0.375 e. The third-order valence-corrected chi connectivity index (χ3v) is 3.95. The minimum atomic E-state index is 0.0265. The monoisotopic (exact) mass is 214 g/mol. The van der Waals surface area contributed by atoms with Crippen LogP contribution in [-0.2, 0) is 14.2 Å². The molecule has 2 rings (SSSR count). The molecule has 0 radical (unpaired) electrons. The third kappa shape index (κ3) is 2.19. The SMILES string of the molecule is CCC1(COCC2(CC)CCO2)CCO1. The van der Waals surface area contributed by atoms with Gasteiger partial charge in [0.2, 0.25) is 0 Å². The molecule has 0 bridgehead atoms. The van der Waals surface area contributed by atoms with Gasteiger partial charge in [-0.25, -0.2) is 0 Å². The normalized spacial score (nSPS) is 39.6. The molecule has 0 aromatic carbocycles. The standard InChI is InChI=1S/C12H22O3/c1-3-11(5-7-14-11)9-13-10-12(4-2)6-8-15-12/h3-10H2,1-2H3. The Morgan fingerprint density at radius 3 is 1.53 bits per heavy atom. The number of hydrogen-bond acceptors (Lipinski definition) is 3. The van der Waals surface area contributed by atoms with Gasteiger partial charge in [-0.2, -0.15) is 0 Å². The Labute approximate surface area is 92.1 Å². The Bertz CT molecular complexity index is 174. The van der Waals surface area contributed by atoms with Gasteiger partial charge in [-0.05, 0) is 12.8 Å². The van der Waals surface area contributed by atoms with E-state index in [1.807, 2.05) is 0 Å². The van der Waals surface area contributed by atoms with Crippen LogP contribution in [0.3, 0.4) is 0 Å². The Hall–Kier alpha value is -0.120. The van der Waals surface area contributed by atoms with Crippen molar-refractivity contribution < 1.29 is 14.2 Å². The lowest BCUT2D eigenvalue weighted by Gasteiger charge is -2.44. The van der Waals surface area contributed by atoms with Crippen LogP contribution in [0, 0.1) is 0 Å². The first-order valence-electron chi connectivity index (χ1n) is 6.10. The highest BCUT2D eigenvalue weighted by Gasteiger charge is 2.40. The van der Waals surface area contributed by atoms with Crippen molar-refractivity contribution in [3.8, 4) is 0 Å². The molecule has 0 amide bonds. The first-order chi connectivity index (χ1) is 7.24. The van der Waals surface area contributed by atoms with Gasteiger partial charge >= 0.3 is 0 Å². The van der Waals surface area contributed by atoms with Crippen molar-refractivity contribution in [3.05, 3.63) is 0 Å². The summed E-state index contributed by atoms with van der Waals surface area (Å²) in [6.45, 7) is 7.58. The van der Waals surface area contributed by atoms with Crippen molar-refractivity contribution in [2.45, 2.75) is 50.7 Å². The molecule has 2 heterocycles. The summed E-state index contributed by atoms with van der Waals surface area (Å²) in [4.78, 5) is 0. The lowest BCUT2D eigenvalue weighted by atomic mass is 9.91. The minimum absolute atomic E-state index is 0.0265. The molecule has 2 aliphatic rings. The predicted octanol–water partition coefficient (Wildman–Crippen LogP) is 2.14. The smallest absolute Gasteiger partial charge is 0.0934 e. The van der Waals surface area contributed by atoms with Crippen LogP contribution in [-0.4, -0.2) is 37.6 Å². The zero-order valence-electron chi connectivity index (χ0n) is 9.88. The molecule has 15 heavy (non-hydrogen) atoms. The number of hydrogen-bond donors (Lipinski definition) is 0. The van der Waals surface area contributed by atoms with E-state index >= 15 is 0 Å². The highest BCUT2D eigenvalue weighted by atomic mass is 16.6. The molecule has 0 aromatic heterocycles. The zero-order valence-corrected chi connectivity index (χ0v) is 9.88. The Kier molecular flexibility index (Phi) is 3.33. The summed E-state index contributed by atoms with van der Waals surface area (Å²) in [7, 11) is 0. The maximum Gasteiger partial charge on any atom is 0.0934 e. The quantitative estimate of drug-likeness (QED) is 0.678. The van der Waals surface area contributed by atoms with E-state index in [0.717, 1.165) is 52.1 Å². The Morgan fingerprint density at radius 2 is 1.33 bits per heavy atom. The van der Waals surface area contributed by atoms with Crippen LogP contribution < -0.4 is 0 Å². The second-order valence-electron chi connectivity index (χ2n) is 4.76. The highest BCUT2D eigenvalue weighted by molar-refractivity contribution is 4.89. The molecule has 2 fully saturated rings. The lowest BCUT2D eigenvalue weighted by molar-refractivity contribution is -0.219. The van der Waals surface area contributed by atoms with Gasteiger partial charge in [0, 0.05) is 12.8 Å². The van der Waals surface area contributed by atoms with E-state index < -0.39 is 0 Å². The van der Waals surface area contributed by atoms with Crippen molar-refractivity contribution in [1.82, 2.24) is 0 Å². The third-order valence-electron chi connectivity index (χ3n) is 3.95. The highest BCUT2D eigenvalue weighted by Crippen LogP contribution is 2.33. The van der Waals surface area contributed by atoms with Gasteiger partial charge in [0.15, 0.2) is 0 Å². The number of rotatable bonds is 6. The fraction of sp³-hybridized carbons (Fsp3) is 1.00. The van der Waals surface area contributed by atoms with Crippen LogP contribution in [0.5, 0.6) is 0 Å². The van der Waals surface area contributed by atoms with Crippen LogP contribution in [0.1, 0.15) is 39.5 Å². The van der Waals surface area contributed by atoms with Crippen molar-refractivity contribution in [2.24, 2.45) is 0 Å². The molecule has 3 heteroatoms. The van der Waals surface area contributed by atoms with E-state index in [4.69, 9.17) is 14.2 Å². The average molecular weight is 214 g/mol. The van der Waals surface area contributed by atoms with Gasteiger partial charge in [-0.15, -0.1) is 0 Å². The average Bonchev–Trinajstić information content (AvgIpc) is 2.14. The molecule has 0 saturated carbocycles. The molecule has 0 aromatic rings. The molecule has 2 aliphatic heterocycles. The molecule has 0 N–H and O–H groups in total. The first kappa shape index (κ1) is 11.4. The van der Waals surface area contributed by atoms with Crippen molar-refractivity contribution in [2.75, 3.05) is 26.4 Å². The second kappa shape index (κ2) is 4.40. The van der Waals surface area contributed by atoms with Gasteiger partial charge in [-0.3, -0.25) is 0 Å². The van der Waals surface area contributed by atoms with E-state index in [1.165, 1.54) is 0 Å². The summed E-state index contributed by atoms with van der Waals surface area (Å²) >= 11 is 0. The lowest BCUT2D eigenvalue weighted by Crippen LogP contribution is -2.51. The van der Waals surface area contributed by atoms with Gasteiger partial charge in [-0.1, -0.05) is 13.8 Å². The van der Waals surface area contributed by atoms with Crippen LogP contribution in [0.2, 0.25) is 0 Å². The maximum atomic E-state index is 5.78. The topological polar surface area (TPSA) is 27.7 Å². The Balaban J connectivity index is 1.69. The molecule has 0 aliphatic carbocycles. The zero-order chi connectivity index (χ0) is 10.8. The van der Waals surface area contributed by atoms with Gasteiger partial charge in [0.1, 0.15) is 0 Å². The molecule has 2 unspecified atom stereocenters. The fourth-order valence-corrected chi connectivity index (χ4v) is 2.19. The molecular formula is C12H22O3. The molecule has 0 spiro atoms. The maximum absolute atomic E-state index is 5.78. The summed E-state index contributed by atoms with van der Waals surface area (Å²) < 4.78 is 17.0. The molecule has 2 atom stereocenters. The molecule has 2 saturated heterocycles. The van der Waals surface area contributed by atoms with Gasteiger partial charge in [0.05, 0.1) is 37.6 Å². The summed E-state index contributed by atoms with van der Waals surface area (Å²) in [5, 5.41) is 0. The van der Waals surface area contributed by atoms with Crippen LogP contribution >= 0.6 is 0 Å². The summed E-state index contributed by atoms with van der Waals surface area (Å²) in [6, 6.07) is 0. The van der Waals surface area contributed by atoms with E-state index in [9.17, 15) is 0 Å². The van der Waals surface area contributed by atoms with Crippen LogP contribution in [0.15, 0.2) is 0 Å². The van der Waals surface area contributed by atoms with E-state index in [0.29, 0.717) is 0 Å².